The summed E-state index contributed by atoms with van der Waals surface area (Å²) in [5.74, 6) is 1.09. The van der Waals surface area contributed by atoms with Gasteiger partial charge in [-0.3, -0.25) is 4.79 Å². The number of benzene rings is 1. The Morgan fingerprint density at radius 3 is 2.50 bits per heavy atom. The minimum atomic E-state index is -0.494. The highest BCUT2D eigenvalue weighted by molar-refractivity contribution is 5.99. The van der Waals surface area contributed by atoms with Crippen molar-refractivity contribution in [2.24, 2.45) is 5.73 Å². The number of hydrogen-bond donors (Lipinski definition) is 2. The fourth-order valence-corrected chi connectivity index (χ4v) is 2.40. The molecule has 1 aromatic carbocycles. The fourth-order valence-electron chi connectivity index (χ4n) is 2.40. The number of nitrogens with zero attached hydrogens (tertiary/aromatic N) is 2. The quantitative estimate of drug-likeness (QED) is 0.717. The fraction of sp³-hybridized carbons (Fsp3) is 0.263. The minimum absolute atomic E-state index is 0. The lowest BCUT2D eigenvalue weighted by Gasteiger charge is -2.18. The molecule has 0 saturated heterocycles. The van der Waals surface area contributed by atoms with Crippen molar-refractivity contribution in [2.75, 3.05) is 6.54 Å². The van der Waals surface area contributed by atoms with E-state index in [9.17, 15) is 4.79 Å². The lowest BCUT2D eigenvalue weighted by atomic mass is 10.1. The largest absolute Gasteiger partial charge is 0.460 e. The molecule has 0 radical (unpaired) electrons. The number of furan rings is 1. The molecule has 26 heavy (non-hydrogen) atoms. The Bertz CT molecular complexity index is 879. The van der Waals surface area contributed by atoms with E-state index in [4.69, 9.17) is 10.2 Å². The van der Waals surface area contributed by atoms with Crippen LogP contribution >= 0.6 is 12.4 Å². The van der Waals surface area contributed by atoms with Gasteiger partial charge in [-0.1, -0.05) is 18.2 Å². The maximum absolute atomic E-state index is 12.7. The van der Waals surface area contributed by atoms with Crippen molar-refractivity contribution in [1.82, 2.24) is 15.1 Å². The van der Waals surface area contributed by atoms with E-state index in [1.54, 1.807) is 10.9 Å². The van der Waals surface area contributed by atoms with Crippen molar-refractivity contribution in [2.45, 2.75) is 26.3 Å². The maximum atomic E-state index is 12.7. The summed E-state index contributed by atoms with van der Waals surface area (Å²) in [7, 11) is 0. The Balaban J connectivity index is 0.00000243. The first kappa shape index (κ1) is 19.8. The topological polar surface area (TPSA) is 86.1 Å². The normalized spacial score (nSPS) is 11.1. The molecule has 0 spiro atoms. The molecule has 3 rings (SSSR count). The number of nitrogens with two attached hydrogens (primary N) is 1. The van der Waals surface area contributed by atoms with Gasteiger partial charge in [0.15, 0.2) is 5.76 Å². The summed E-state index contributed by atoms with van der Waals surface area (Å²) in [5.41, 5.74) is 7.28. The molecule has 3 N–H and O–H groups in total. The summed E-state index contributed by atoms with van der Waals surface area (Å²) in [6.07, 6.45) is 1.71. The number of para-hydroxylation sites is 1. The van der Waals surface area contributed by atoms with E-state index in [1.165, 1.54) is 0 Å². The Morgan fingerprint density at radius 1 is 1.23 bits per heavy atom. The molecule has 0 aliphatic carbocycles. The van der Waals surface area contributed by atoms with Crippen LogP contribution in [-0.2, 0) is 0 Å². The molecule has 0 atom stereocenters. The molecule has 7 heteroatoms. The number of nitrogens with one attached hydrogen (secondary N) is 1. The summed E-state index contributed by atoms with van der Waals surface area (Å²) < 4.78 is 7.35. The van der Waals surface area contributed by atoms with Crippen LogP contribution in [0, 0.1) is 6.92 Å². The molecule has 2 aromatic heterocycles. The molecule has 3 aromatic rings. The van der Waals surface area contributed by atoms with E-state index in [1.807, 2.05) is 63.2 Å². The van der Waals surface area contributed by atoms with E-state index < -0.39 is 5.54 Å². The predicted molar refractivity (Wildman–Crippen MR) is 104 cm³/mol. The molecule has 0 aliphatic heterocycles. The molecule has 2 heterocycles. The van der Waals surface area contributed by atoms with Crippen LogP contribution in [0.2, 0.25) is 0 Å². The van der Waals surface area contributed by atoms with Crippen LogP contribution in [0.5, 0.6) is 0 Å². The van der Waals surface area contributed by atoms with Gasteiger partial charge in [-0.2, -0.15) is 5.10 Å². The van der Waals surface area contributed by atoms with Gasteiger partial charge in [-0.15, -0.1) is 12.4 Å². The third kappa shape index (κ3) is 4.53. The molecule has 0 fully saturated rings. The van der Waals surface area contributed by atoms with Crippen molar-refractivity contribution in [3.63, 3.8) is 0 Å². The zero-order chi connectivity index (χ0) is 18.0. The Labute approximate surface area is 158 Å². The van der Waals surface area contributed by atoms with Gasteiger partial charge in [0.2, 0.25) is 0 Å². The van der Waals surface area contributed by atoms with Crippen LogP contribution in [0.1, 0.15) is 30.0 Å². The third-order valence-electron chi connectivity index (χ3n) is 3.66. The zero-order valence-corrected chi connectivity index (χ0v) is 15.8. The number of rotatable bonds is 5. The Hall–Kier alpha value is -2.57. The second kappa shape index (κ2) is 7.76. The van der Waals surface area contributed by atoms with Crippen molar-refractivity contribution in [3.8, 4) is 17.1 Å². The number of hydrogen-bond acceptors (Lipinski definition) is 4. The Morgan fingerprint density at radius 2 is 1.92 bits per heavy atom. The average Bonchev–Trinajstić information content (AvgIpc) is 3.19. The molecular weight excluding hydrogens is 352 g/mol. The van der Waals surface area contributed by atoms with Crippen LogP contribution < -0.4 is 11.1 Å². The van der Waals surface area contributed by atoms with Crippen LogP contribution in [0.3, 0.4) is 0 Å². The molecule has 1 amide bonds. The van der Waals surface area contributed by atoms with Crippen molar-refractivity contribution in [1.29, 1.82) is 0 Å². The van der Waals surface area contributed by atoms with Gasteiger partial charge in [-0.25, -0.2) is 4.68 Å². The summed E-state index contributed by atoms with van der Waals surface area (Å²) in [6, 6.07) is 13.3. The molecule has 0 saturated carbocycles. The molecule has 0 unspecified atom stereocenters. The third-order valence-corrected chi connectivity index (χ3v) is 3.66. The zero-order valence-electron chi connectivity index (χ0n) is 15.0. The number of carbonyl (C=O) groups excluding carboxylic acids is 1. The van der Waals surface area contributed by atoms with Crippen molar-refractivity contribution >= 4 is 18.3 Å². The number of halogens is 1. The lowest BCUT2D eigenvalue weighted by Crippen LogP contribution is -2.45. The van der Waals surface area contributed by atoms with E-state index in [2.05, 4.69) is 10.4 Å². The number of carbonyl (C=O) groups is 1. The van der Waals surface area contributed by atoms with E-state index in [0.717, 1.165) is 11.4 Å². The van der Waals surface area contributed by atoms with Gasteiger partial charge < -0.3 is 15.5 Å². The van der Waals surface area contributed by atoms with Gasteiger partial charge in [-0.05, 0) is 45.0 Å². The molecule has 6 nitrogen and oxygen atoms in total. The SMILES string of the molecule is Cc1ccc(-c2nn(-c3ccccc3)cc2C(=O)NCC(C)(C)N)o1.Cl. The summed E-state index contributed by atoms with van der Waals surface area (Å²) >= 11 is 0. The van der Waals surface area contributed by atoms with Gasteiger partial charge >= 0.3 is 0 Å². The first-order valence-corrected chi connectivity index (χ1v) is 8.12. The molecule has 0 bridgehead atoms. The van der Waals surface area contributed by atoms with Gasteiger partial charge in [0.25, 0.3) is 5.91 Å². The summed E-state index contributed by atoms with van der Waals surface area (Å²) in [4.78, 5) is 12.7. The monoisotopic (exact) mass is 374 g/mol. The molecule has 138 valence electrons. The predicted octanol–water partition coefficient (Wildman–Crippen LogP) is 3.33. The van der Waals surface area contributed by atoms with Gasteiger partial charge in [0.05, 0.1) is 11.3 Å². The van der Waals surface area contributed by atoms with Crippen LogP contribution in [0.4, 0.5) is 0 Å². The van der Waals surface area contributed by atoms with E-state index >= 15 is 0 Å². The van der Waals surface area contributed by atoms with Crippen LogP contribution in [-0.4, -0.2) is 27.8 Å². The first-order chi connectivity index (χ1) is 11.8. The molecule has 0 aliphatic rings. The second-order valence-corrected chi connectivity index (χ2v) is 6.75. The van der Waals surface area contributed by atoms with Crippen molar-refractivity contribution in [3.05, 3.63) is 60.0 Å². The summed E-state index contributed by atoms with van der Waals surface area (Å²) in [6.45, 7) is 5.93. The van der Waals surface area contributed by atoms with Gasteiger partial charge in [0, 0.05) is 18.3 Å². The van der Waals surface area contributed by atoms with Crippen LogP contribution in [0.15, 0.2) is 53.1 Å². The van der Waals surface area contributed by atoms with E-state index in [-0.39, 0.29) is 18.3 Å². The smallest absolute Gasteiger partial charge is 0.255 e. The highest BCUT2D eigenvalue weighted by Crippen LogP contribution is 2.25. The minimum Gasteiger partial charge on any atom is -0.460 e. The second-order valence-electron chi connectivity index (χ2n) is 6.75. The highest BCUT2D eigenvalue weighted by atomic mass is 35.5. The number of aromatic nitrogens is 2. The highest BCUT2D eigenvalue weighted by Gasteiger charge is 2.22. The standard InChI is InChI=1S/C19H22N4O2.ClH/c1-13-9-10-16(25-13)17-15(18(24)21-12-19(2,3)20)11-23(22-17)14-7-5-4-6-8-14;/h4-11H,12,20H2,1-3H3,(H,21,24);1H. The average molecular weight is 375 g/mol. The number of aryl methyl sites for hydroxylation is 1. The maximum Gasteiger partial charge on any atom is 0.255 e. The number of amides is 1. The van der Waals surface area contributed by atoms with Gasteiger partial charge in [0.1, 0.15) is 11.5 Å². The summed E-state index contributed by atoms with van der Waals surface area (Å²) in [5, 5.41) is 7.42. The first-order valence-electron chi connectivity index (χ1n) is 8.12. The van der Waals surface area contributed by atoms with Crippen LogP contribution in [0.25, 0.3) is 17.1 Å². The molecular formula is C19H23ClN4O2. The van der Waals surface area contributed by atoms with E-state index in [0.29, 0.717) is 23.6 Å². The Kier molecular flexibility index (Phi) is 5.90. The van der Waals surface area contributed by atoms with Crippen molar-refractivity contribution < 1.29 is 9.21 Å². The lowest BCUT2D eigenvalue weighted by molar-refractivity contribution is 0.0946.